The molecule has 2 aliphatic rings. The Morgan fingerprint density at radius 1 is 1.05 bits per heavy atom. The lowest BCUT2D eigenvalue weighted by Crippen LogP contribution is -2.46. The van der Waals surface area contributed by atoms with Gasteiger partial charge in [-0.2, -0.15) is 0 Å². The van der Waals surface area contributed by atoms with E-state index in [0.29, 0.717) is 12.1 Å². The van der Waals surface area contributed by atoms with Crippen molar-refractivity contribution in [3.05, 3.63) is 31.1 Å². The van der Waals surface area contributed by atoms with Gasteiger partial charge in [0.2, 0.25) is 0 Å². The van der Waals surface area contributed by atoms with Crippen molar-refractivity contribution in [3.63, 3.8) is 0 Å². The smallest absolute Gasteiger partial charge is 0.297 e. The molecule has 0 atom stereocenters. The molecule has 110 valence electrons. The van der Waals surface area contributed by atoms with E-state index in [2.05, 4.69) is 24.8 Å². The molecular formula is C15H19N5O. The van der Waals surface area contributed by atoms with Crippen LogP contribution in [0.3, 0.4) is 0 Å². The lowest BCUT2D eigenvalue weighted by molar-refractivity contribution is 0.431. The number of rotatable bonds is 4. The summed E-state index contributed by atoms with van der Waals surface area (Å²) in [5, 5.41) is 0. The molecule has 6 nitrogen and oxygen atoms in total. The molecule has 0 radical (unpaired) electrons. The number of nitrogens with zero attached hydrogens (tertiary/aromatic N) is 5. The second-order valence-corrected chi connectivity index (χ2v) is 5.74. The third-order valence-corrected chi connectivity index (χ3v) is 4.32. The molecule has 1 aliphatic carbocycles. The van der Waals surface area contributed by atoms with E-state index in [4.69, 9.17) is 4.42 Å². The van der Waals surface area contributed by atoms with Gasteiger partial charge in [0.05, 0.1) is 6.20 Å². The van der Waals surface area contributed by atoms with Crippen LogP contribution < -0.4 is 9.80 Å². The standard InChI is InChI=1S/C15H19N5O/c1-2-12(1)20(14-3-6-16-11-18-14)13-4-8-19(9-5-13)15-17-7-10-21-15/h3,6-7,10-13H,1-2,4-5,8-9H2. The first kappa shape index (κ1) is 12.6. The third-order valence-electron chi connectivity index (χ3n) is 4.32. The maximum atomic E-state index is 5.39. The fourth-order valence-electron chi connectivity index (χ4n) is 3.17. The number of aromatic nitrogens is 3. The first-order valence-corrected chi connectivity index (χ1v) is 7.60. The average Bonchev–Trinajstić information content (AvgIpc) is 3.22. The van der Waals surface area contributed by atoms with Crippen LogP contribution >= 0.6 is 0 Å². The highest BCUT2D eigenvalue weighted by Crippen LogP contribution is 2.35. The maximum Gasteiger partial charge on any atom is 0.297 e. The van der Waals surface area contributed by atoms with Crippen molar-refractivity contribution in [1.82, 2.24) is 15.0 Å². The number of oxazole rings is 1. The van der Waals surface area contributed by atoms with Crippen molar-refractivity contribution in [1.29, 1.82) is 0 Å². The van der Waals surface area contributed by atoms with E-state index in [0.717, 1.165) is 37.8 Å². The van der Waals surface area contributed by atoms with Gasteiger partial charge in [0.25, 0.3) is 6.01 Å². The summed E-state index contributed by atoms with van der Waals surface area (Å²) < 4.78 is 5.39. The first-order valence-electron chi connectivity index (χ1n) is 7.60. The SMILES string of the molecule is c1cc(N(C2CC2)C2CCN(c3ncco3)CC2)ncn1. The van der Waals surface area contributed by atoms with Gasteiger partial charge in [0, 0.05) is 31.4 Å². The van der Waals surface area contributed by atoms with Crippen molar-refractivity contribution >= 4 is 11.8 Å². The Hall–Kier alpha value is -2.11. The van der Waals surface area contributed by atoms with E-state index in [-0.39, 0.29) is 0 Å². The molecule has 1 saturated carbocycles. The fourth-order valence-corrected chi connectivity index (χ4v) is 3.17. The maximum absolute atomic E-state index is 5.39. The Labute approximate surface area is 123 Å². The van der Waals surface area contributed by atoms with Crippen molar-refractivity contribution < 1.29 is 4.42 Å². The summed E-state index contributed by atoms with van der Waals surface area (Å²) in [6, 6.07) is 3.99. The zero-order valence-corrected chi connectivity index (χ0v) is 11.9. The number of hydrogen-bond acceptors (Lipinski definition) is 6. The van der Waals surface area contributed by atoms with Crippen molar-refractivity contribution in [2.45, 2.75) is 37.8 Å². The quantitative estimate of drug-likeness (QED) is 0.857. The molecule has 2 aromatic heterocycles. The van der Waals surface area contributed by atoms with Crippen LogP contribution in [0, 0.1) is 0 Å². The number of hydrogen-bond donors (Lipinski definition) is 0. The van der Waals surface area contributed by atoms with Crippen LogP contribution in [0.1, 0.15) is 25.7 Å². The normalized spacial score (nSPS) is 19.7. The molecule has 0 bridgehead atoms. The zero-order chi connectivity index (χ0) is 14.1. The van der Waals surface area contributed by atoms with Gasteiger partial charge in [-0.3, -0.25) is 0 Å². The Morgan fingerprint density at radius 2 is 1.86 bits per heavy atom. The van der Waals surface area contributed by atoms with Gasteiger partial charge < -0.3 is 14.2 Å². The van der Waals surface area contributed by atoms with Crippen molar-refractivity contribution in [2.24, 2.45) is 0 Å². The fraction of sp³-hybridized carbons (Fsp3) is 0.533. The minimum Gasteiger partial charge on any atom is -0.432 e. The summed E-state index contributed by atoms with van der Waals surface area (Å²) in [6.07, 6.45) is 11.6. The number of anilines is 2. The molecule has 0 aromatic carbocycles. The summed E-state index contributed by atoms with van der Waals surface area (Å²) in [5.41, 5.74) is 0. The molecule has 4 rings (SSSR count). The molecule has 21 heavy (non-hydrogen) atoms. The second kappa shape index (κ2) is 5.35. The molecule has 0 unspecified atom stereocenters. The van der Waals surface area contributed by atoms with E-state index in [1.54, 1.807) is 18.8 Å². The van der Waals surface area contributed by atoms with Crippen LogP contribution in [0.15, 0.2) is 35.5 Å². The Kier molecular flexibility index (Phi) is 3.21. The molecule has 0 N–H and O–H groups in total. The van der Waals surface area contributed by atoms with Crippen molar-refractivity contribution in [3.8, 4) is 0 Å². The third kappa shape index (κ3) is 2.57. The van der Waals surface area contributed by atoms with Crippen LogP contribution in [-0.4, -0.2) is 40.1 Å². The second-order valence-electron chi connectivity index (χ2n) is 5.74. The summed E-state index contributed by atoms with van der Waals surface area (Å²) in [7, 11) is 0. The highest BCUT2D eigenvalue weighted by Gasteiger charge is 2.36. The molecule has 1 saturated heterocycles. The van der Waals surface area contributed by atoms with Gasteiger partial charge >= 0.3 is 0 Å². The largest absolute Gasteiger partial charge is 0.432 e. The predicted molar refractivity (Wildman–Crippen MR) is 79.3 cm³/mol. The van der Waals surface area contributed by atoms with E-state index >= 15 is 0 Å². The van der Waals surface area contributed by atoms with E-state index in [1.165, 1.54) is 12.8 Å². The molecule has 1 aliphatic heterocycles. The summed E-state index contributed by atoms with van der Waals surface area (Å²) in [6.45, 7) is 1.97. The predicted octanol–water partition coefficient (Wildman–Crippen LogP) is 2.10. The highest BCUT2D eigenvalue weighted by atomic mass is 16.4. The summed E-state index contributed by atoms with van der Waals surface area (Å²) in [5.74, 6) is 1.07. The van der Waals surface area contributed by atoms with Crippen LogP contribution in [0.2, 0.25) is 0 Å². The summed E-state index contributed by atoms with van der Waals surface area (Å²) >= 11 is 0. The van der Waals surface area contributed by atoms with Gasteiger partial charge in [-0.15, -0.1) is 0 Å². The minimum absolute atomic E-state index is 0.554. The van der Waals surface area contributed by atoms with Crippen LogP contribution in [-0.2, 0) is 0 Å². The van der Waals surface area contributed by atoms with Gasteiger partial charge in [-0.1, -0.05) is 0 Å². The molecule has 2 fully saturated rings. The molecule has 0 amide bonds. The topological polar surface area (TPSA) is 58.3 Å². The van der Waals surface area contributed by atoms with Crippen molar-refractivity contribution in [2.75, 3.05) is 22.9 Å². The van der Waals surface area contributed by atoms with Gasteiger partial charge in [-0.25, -0.2) is 15.0 Å². The molecular weight excluding hydrogens is 266 g/mol. The van der Waals surface area contributed by atoms with Crippen LogP contribution in [0.4, 0.5) is 11.8 Å². The number of piperidine rings is 1. The Morgan fingerprint density at radius 3 is 2.48 bits per heavy atom. The van der Waals surface area contributed by atoms with E-state index in [1.807, 2.05) is 12.3 Å². The lowest BCUT2D eigenvalue weighted by Gasteiger charge is -2.38. The monoisotopic (exact) mass is 285 g/mol. The molecule has 0 spiro atoms. The van der Waals surface area contributed by atoms with E-state index in [9.17, 15) is 0 Å². The van der Waals surface area contributed by atoms with Crippen LogP contribution in [0.25, 0.3) is 0 Å². The molecule has 6 heteroatoms. The van der Waals surface area contributed by atoms with Crippen LogP contribution in [0.5, 0.6) is 0 Å². The lowest BCUT2D eigenvalue weighted by atomic mass is 10.0. The molecule has 3 heterocycles. The van der Waals surface area contributed by atoms with E-state index < -0.39 is 0 Å². The van der Waals surface area contributed by atoms with Gasteiger partial charge in [0.15, 0.2) is 0 Å². The van der Waals surface area contributed by atoms with Gasteiger partial charge in [-0.05, 0) is 31.7 Å². The average molecular weight is 285 g/mol. The summed E-state index contributed by atoms with van der Waals surface area (Å²) in [4.78, 5) is 17.5. The minimum atomic E-state index is 0.554. The Balaban J connectivity index is 1.46. The molecule has 2 aromatic rings. The van der Waals surface area contributed by atoms with Gasteiger partial charge in [0.1, 0.15) is 18.4 Å². The zero-order valence-electron chi connectivity index (χ0n) is 11.9. The first-order chi connectivity index (χ1) is 10.4. The highest BCUT2D eigenvalue weighted by molar-refractivity contribution is 5.42. The Bertz CT molecular complexity index is 561.